The van der Waals surface area contributed by atoms with Crippen LogP contribution in [-0.4, -0.2) is 38.8 Å². The van der Waals surface area contributed by atoms with E-state index in [0.717, 1.165) is 24.2 Å². The zero-order valence-corrected chi connectivity index (χ0v) is 17.4. The molecule has 3 rings (SSSR count). The zero-order valence-electron chi connectivity index (χ0n) is 15.8. The van der Waals surface area contributed by atoms with Crippen LogP contribution in [0, 0.1) is 0 Å². The molecule has 0 saturated carbocycles. The Labute approximate surface area is 170 Å². The fourth-order valence-corrected chi connectivity index (χ4v) is 5.30. The van der Waals surface area contributed by atoms with Crippen LogP contribution in [0.25, 0.3) is 0 Å². The van der Waals surface area contributed by atoms with Crippen molar-refractivity contribution in [2.75, 3.05) is 25.5 Å². The lowest BCUT2D eigenvalue weighted by atomic mass is 9.89. The first-order chi connectivity index (χ1) is 13.3. The van der Waals surface area contributed by atoms with Crippen LogP contribution in [0.3, 0.4) is 0 Å². The number of benzene rings is 2. The van der Waals surface area contributed by atoms with Crippen LogP contribution in [0.4, 0.5) is 5.69 Å². The molecule has 0 aromatic heterocycles. The van der Waals surface area contributed by atoms with Crippen molar-refractivity contribution in [2.45, 2.75) is 30.6 Å². The van der Waals surface area contributed by atoms with Gasteiger partial charge in [-0.1, -0.05) is 29.8 Å². The molecule has 1 aliphatic rings. The number of ether oxygens (including phenoxy) is 1. The minimum absolute atomic E-state index is 0.127. The molecule has 1 aliphatic heterocycles. The van der Waals surface area contributed by atoms with Crippen molar-refractivity contribution >= 4 is 33.2 Å². The molecule has 0 bridgehead atoms. The van der Waals surface area contributed by atoms with E-state index >= 15 is 0 Å². The topological polar surface area (TPSA) is 75.7 Å². The second-order valence-corrected chi connectivity index (χ2v) is 9.09. The van der Waals surface area contributed by atoms with Crippen molar-refractivity contribution in [2.24, 2.45) is 0 Å². The maximum absolute atomic E-state index is 13.0. The number of methoxy groups -OCH3 is 1. The van der Waals surface area contributed by atoms with Crippen LogP contribution < -0.4 is 10.1 Å². The van der Waals surface area contributed by atoms with Gasteiger partial charge in [0, 0.05) is 20.0 Å². The summed E-state index contributed by atoms with van der Waals surface area (Å²) in [6.07, 6.45) is 1.44. The number of amides is 1. The number of carbonyl (C=O) groups excluding carboxylic acids is 1. The average Bonchev–Trinajstić information content (AvgIpc) is 2.69. The van der Waals surface area contributed by atoms with Gasteiger partial charge in [-0.15, -0.1) is 0 Å². The summed E-state index contributed by atoms with van der Waals surface area (Å²) in [7, 11) is -2.00. The van der Waals surface area contributed by atoms with E-state index in [4.69, 9.17) is 16.3 Å². The highest BCUT2D eigenvalue weighted by Gasteiger charge is 2.31. The summed E-state index contributed by atoms with van der Waals surface area (Å²) in [5.74, 6) is 0.827. The van der Waals surface area contributed by atoms with Gasteiger partial charge in [-0.3, -0.25) is 4.79 Å². The average molecular weight is 423 g/mol. The van der Waals surface area contributed by atoms with Gasteiger partial charge in [-0.05, 0) is 48.6 Å². The molecule has 1 fully saturated rings. The number of piperidine rings is 1. The van der Waals surface area contributed by atoms with Gasteiger partial charge in [0.15, 0.2) is 0 Å². The minimum atomic E-state index is -3.65. The van der Waals surface area contributed by atoms with Gasteiger partial charge in [-0.25, -0.2) is 8.42 Å². The smallest absolute Gasteiger partial charge is 0.243 e. The number of halogens is 1. The molecule has 6 nitrogen and oxygen atoms in total. The summed E-state index contributed by atoms with van der Waals surface area (Å²) in [4.78, 5) is 11.3. The third-order valence-corrected chi connectivity index (χ3v) is 7.13. The number of anilines is 1. The van der Waals surface area contributed by atoms with Crippen LogP contribution in [0.15, 0.2) is 47.4 Å². The molecule has 28 heavy (non-hydrogen) atoms. The Hall–Kier alpha value is -2.09. The van der Waals surface area contributed by atoms with Crippen molar-refractivity contribution < 1.29 is 17.9 Å². The Morgan fingerprint density at radius 2 is 1.86 bits per heavy atom. The Balaban J connectivity index is 1.74. The van der Waals surface area contributed by atoms with Crippen LogP contribution >= 0.6 is 11.6 Å². The number of para-hydroxylation sites is 1. The third-order valence-electron chi connectivity index (χ3n) is 4.92. The highest BCUT2D eigenvalue weighted by molar-refractivity contribution is 7.89. The summed E-state index contributed by atoms with van der Waals surface area (Å²) in [6.45, 7) is 2.22. The molecule has 1 N–H and O–H groups in total. The van der Waals surface area contributed by atoms with Crippen LogP contribution in [0.5, 0.6) is 5.75 Å². The number of hydrogen-bond donors (Lipinski definition) is 1. The molecule has 1 saturated heterocycles. The van der Waals surface area contributed by atoms with E-state index in [9.17, 15) is 13.2 Å². The Kier molecular flexibility index (Phi) is 6.27. The van der Waals surface area contributed by atoms with Crippen LogP contribution in [0.2, 0.25) is 5.02 Å². The summed E-state index contributed by atoms with van der Waals surface area (Å²) in [5, 5.41) is 2.77. The molecule has 1 heterocycles. The molecule has 8 heteroatoms. The highest BCUT2D eigenvalue weighted by atomic mass is 35.5. The summed E-state index contributed by atoms with van der Waals surface area (Å²) in [5.41, 5.74) is 1.51. The largest absolute Gasteiger partial charge is 0.496 e. The number of carbonyl (C=O) groups is 1. The lowest BCUT2D eigenvalue weighted by Crippen LogP contribution is -2.38. The van der Waals surface area contributed by atoms with Crippen molar-refractivity contribution in [3.8, 4) is 5.75 Å². The summed E-state index contributed by atoms with van der Waals surface area (Å²) in [6, 6.07) is 12.2. The Morgan fingerprint density at radius 3 is 2.46 bits per heavy atom. The van der Waals surface area contributed by atoms with Gasteiger partial charge in [-0.2, -0.15) is 4.31 Å². The number of nitrogens with zero attached hydrogens (tertiary/aromatic N) is 1. The molecule has 0 unspecified atom stereocenters. The first kappa shape index (κ1) is 20.6. The van der Waals surface area contributed by atoms with Gasteiger partial charge in [0.25, 0.3) is 0 Å². The molecule has 0 atom stereocenters. The second-order valence-electron chi connectivity index (χ2n) is 6.74. The molecule has 2 aromatic rings. The maximum Gasteiger partial charge on any atom is 0.243 e. The fourth-order valence-electron chi connectivity index (χ4n) is 3.51. The first-order valence-corrected chi connectivity index (χ1v) is 10.8. The summed E-state index contributed by atoms with van der Waals surface area (Å²) < 4.78 is 32.9. The quantitative estimate of drug-likeness (QED) is 0.793. The number of hydrogen-bond acceptors (Lipinski definition) is 4. The molecule has 1 amide bonds. The molecule has 2 aromatic carbocycles. The molecule has 0 radical (unpaired) electrons. The predicted octanol–water partition coefficient (Wildman–Crippen LogP) is 3.88. The van der Waals surface area contributed by atoms with E-state index < -0.39 is 10.0 Å². The standard InChI is InChI=1S/C20H23ClN2O4S/c1-14(24)22-19-8-7-16(13-18(19)21)28(25,26)23-11-9-15(10-12-23)17-5-3-4-6-20(17)27-2/h3-8,13,15H,9-12H2,1-2H3,(H,22,24). The van der Waals surface area contributed by atoms with Crippen molar-refractivity contribution in [3.63, 3.8) is 0 Å². The Bertz CT molecular complexity index is 970. The number of rotatable bonds is 5. The monoisotopic (exact) mass is 422 g/mol. The van der Waals surface area contributed by atoms with Crippen molar-refractivity contribution in [1.82, 2.24) is 4.31 Å². The molecule has 0 aliphatic carbocycles. The lowest BCUT2D eigenvalue weighted by Gasteiger charge is -2.32. The van der Waals surface area contributed by atoms with Gasteiger partial charge in [0.05, 0.1) is 22.7 Å². The normalized spacial score (nSPS) is 16.0. The SMILES string of the molecule is COc1ccccc1C1CCN(S(=O)(=O)c2ccc(NC(C)=O)c(Cl)c2)CC1. The number of nitrogens with one attached hydrogen (secondary N) is 1. The van der Waals surface area contributed by atoms with Gasteiger partial charge in [0.1, 0.15) is 5.75 Å². The van der Waals surface area contributed by atoms with E-state index in [1.165, 1.54) is 29.4 Å². The van der Waals surface area contributed by atoms with Gasteiger partial charge < -0.3 is 10.1 Å². The minimum Gasteiger partial charge on any atom is -0.496 e. The fraction of sp³-hybridized carbons (Fsp3) is 0.350. The second kappa shape index (κ2) is 8.51. The lowest BCUT2D eigenvalue weighted by molar-refractivity contribution is -0.114. The van der Waals surface area contributed by atoms with E-state index in [1.807, 2.05) is 24.3 Å². The van der Waals surface area contributed by atoms with E-state index in [2.05, 4.69) is 5.32 Å². The zero-order chi connectivity index (χ0) is 20.3. The number of sulfonamides is 1. The first-order valence-electron chi connectivity index (χ1n) is 9.03. The highest BCUT2D eigenvalue weighted by Crippen LogP contribution is 2.36. The summed E-state index contributed by atoms with van der Waals surface area (Å²) >= 11 is 6.14. The van der Waals surface area contributed by atoms with E-state index in [-0.39, 0.29) is 21.7 Å². The molecular weight excluding hydrogens is 400 g/mol. The van der Waals surface area contributed by atoms with Crippen LogP contribution in [-0.2, 0) is 14.8 Å². The van der Waals surface area contributed by atoms with E-state index in [1.54, 1.807) is 7.11 Å². The third kappa shape index (κ3) is 4.32. The maximum atomic E-state index is 13.0. The van der Waals surface area contributed by atoms with Gasteiger partial charge >= 0.3 is 0 Å². The van der Waals surface area contributed by atoms with Crippen molar-refractivity contribution in [1.29, 1.82) is 0 Å². The van der Waals surface area contributed by atoms with Gasteiger partial charge in [0.2, 0.25) is 15.9 Å². The predicted molar refractivity (Wildman–Crippen MR) is 109 cm³/mol. The Morgan fingerprint density at radius 1 is 1.18 bits per heavy atom. The molecule has 150 valence electrons. The van der Waals surface area contributed by atoms with Crippen LogP contribution in [0.1, 0.15) is 31.2 Å². The van der Waals surface area contributed by atoms with E-state index in [0.29, 0.717) is 18.8 Å². The molecule has 0 spiro atoms. The molecular formula is C20H23ClN2O4S. The van der Waals surface area contributed by atoms with Crippen molar-refractivity contribution in [3.05, 3.63) is 53.1 Å².